The van der Waals surface area contributed by atoms with Crippen LogP contribution in [0, 0.1) is 0 Å². The molecule has 0 bridgehead atoms. The van der Waals surface area contributed by atoms with Crippen molar-refractivity contribution in [3.05, 3.63) is 29.3 Å². The van der Waals surface area contributed by atoms with Crippen LogP contribution in [-0.4, -0.2) is 31.2 Å². The lowest BCUT2D eigenvalue weighted by Gasteiger charge is -2.05. The molecule has 0 atom stereocenters. The molecule has 0 aliphatic rings. The van der Waals surface area contributed by atoms with Gasteiger partial charge in [0.1, 0.15) is 6.61 Å². The van der Waals surface area contributed by atoms with Crippen LogP contribution < -0.4 is 10.7 Å². The Morgan fingerprint density at radius 2 is 1.90 bits per heavy atom. The average Bonchev–Trinajstić information content (AvgIpc) is 2.39. The summed E-state index contributed by atoms with van der Waals surface area (Å²) in [6.45, 7) is 1.57. The zero-order valence-electron chi connectivity index (χ0n) is 11.3. The Bertz CT molecular complexity index is 500. The Labute approximate surface area is 122 Å². The summed E-state index contributed by atoms with van der Waals surface area (Å²) in [4.78, 5) is 22.8. The summed E-state index contributed by atoms with van der Waals surface area (Å²) in [6, 6.07) is 6.77. The molecule has 0 fully saturated rings. The molecule has 0 saturated carbocycles. The van der Waals surface area contributed by atoms with Crippen LogP contribution in [0.5, 0.6) is 0 Å². The maximum absolute atomic E-state index is 11.7. The van der Waals surface area contributed by atoms with E-state index in [9.17, 15) is 9.59 Å². The number of carbonyl (C=O) groups is 2. The predicted molar refractivity (Wildman–Crippen MR) is 77.8 cm³/mol. The summed E-state index contributed by atoms with van der Waals surface area (Å²) in [5.41, 5.74) is 3.42. The number of hydrazone groups is 1. The number of halogens is 1. The van der Waals surface area contributed by atoms with Gasteiger partial charge in [0.05, 0.1) is 6.42 Å². The number of methoxy groups -OCH3 is 1. The number of ether oxygens (including phenoxy) is 1. The molecule has 2 N–H and O–H groups in total. The molecule has 0 aliphatic carbocycles. The van der Waals surface area contributed by atoms with E-state index in [2.05, 4.69) is 20.6 Å². The topological polar surface area (TPSA) is 79.8 Å². The largest absolute Gasteiger partial charge is 0.375 e. The summed E-state index contributed by atoms with van der Waals surface area (Å²) in [6.07, 6.45) is 0.0793. The minimum atomic E-state index is -0.370. The summed E-state index contributed by atoms with van der Waals surface area (Å²) in [5.74, 6) is -0.598. The molecule has 0 spiro atoms. The number of anilines is 1. The van der Waals surface area contributed by atoms with E-state index in [0.29, 0.717) is 16.4 Å². The molecular weight excluding hydrogens is 282 g/mol. The number of nitrogens with zero attached hydrogens (tertiary/aromatic N) is 1. The SMILES string of the molecule is COCC(=O)N/N=C(/C)CC(=O)Nc1ccc(Cl)cc1. The van der Waals surface area contributed by atoms with Crippen molar-refractivity contribution < 1.29 is 14.3 Å². The second kappa shape index (κ2) is 8.29. The highest BCUT2D eigenvalue weighted by Gasteiger charge is 2.05. The van der Waals surface area contributed by atoms with Gasteiger partial charge < -0.3 is 10.1 Å². The fraction of sp³-hybridized carbons (Fsp3) is 0.308. The number of hydrogen-bond donors (Lipinski definition) is 2. The molecule has 0 radical (unpaired) electrons. The molecule has 0 heterocycles. The van der Waals surface area contributed by atoms with E-state index in [4.69, 9.17) is 11.6 Å². The zero-order valence-corrected chi connectivity index (χ0v) is 12.0. The molecule has 7 heteroatoms. The Morgan fingerprint density at radius 3 is 2.50 bits per heavy atom. The van der Waals surface area contributed by atoms with Crippen molar-refractivity contribution in [1.82, 2.24) is 5.43 Å². The first-order valence-electron chi connectivity index (χ1n) is 5.87. The fourth-order valence-electron chi connectivity index (χ4n) is 1.33. The van der Waals surface area contributed by atoms with Gasteiger partial charge in [-0.1, -0.05) is 11.6 Å². The van der Waals surface area contributed by atoms with E-state index in [1.165, 1.54) is 7.11 Å². The molecule has 108 valence electrons. The van der Waals surface area contributed by atoms with Gasteiger partial charge in [-0.25, -0.2) is 5.43 Å². The van der Waals surface area contributed by atoms with Crippen LogP contribution in [0.4, 0.5) is 5.69 Å². The smallest absolute Gasteiger partial charge is 0.266 e. The lowest BCUT2D eigenvalue weighted by Crippen LogP contribution is -2.24. The van der Waals surface area contributed by atoms with Gasteiger partial charge in [-0.2, -0.15) is 5.10 Å². The van der Waals surface area contributed by atoms with Gasteiger partial charge in [-0.05, 0) is 31.2 Å². The second-order valence-corrected chi connectivity index (χ2v) is 4.48. The molecule has 0 aromatic heterocycles. The van der Waals surface area contributed by atoms with E-state index in [-0.39, 0.29) is 24.8 Å². The molecule has 0 saturated heterocycles. The third-order valence-corrected chi connectivity index (χ3v) is 2.44. The standard InChI is InChI=1S/C13H16ClN3O3/c1-9(16-17-13(19)8-20-2)7-12(18)15-11-5-3-10(14)4-6-11/h3-6H,7-8H2,1-2H3,(H,15,18)(H,17,19)/b16-9-. The summed E-state index contributed by atoms with van der Waals surface area (Å²) in [5, 5.41) is 7.09. The number of amides is 2. The quantitative estimate of drug-likeness (QED) is 0.621. The second-order valence-electron chi connectivity index (χ2n) is 4.05. The third kappa shape index (κ3) is 6.31. The lowest BCUT2D eigenvalue weighted by atomic mass is 10.2. The zero-order chi connectivity index (χ0) is 15.0. The normalized spacial score (nSPS) is 11.1. The predicted octanol–water partition coefficient (Wildman–Crippen LogP) is 1.81. The molecule has 20 heavy (non-hydrogen) atoms. The number of rotatable bonds is 6. The molecule has 1 rings (SSSR count). The van der Waals surface area contributed by atoms with Crippen LogP contribution in [0.3, 0.4) is 0 Å². The van der Waals surface area contributed by atoms with E-state index in [1.54, 1.807) is 31.2 Å². The first kappa shape index (κ1) is 16.1. The highest BCUT2D eigenvalue weighted by Crippen LogP contribution is 2.13. The van der Waals surface area contributed by atoms with Crippen molar-refractivity contribution >= 4 is 34.8 Å². The minimum absolute atomic E-state index is 0.0756. The van der Waals surface area contributed by atoms with Crippen molar-refractivity contribution in [1.29, 1.82) is 0 Å². The molecule has 0 unspecified atom stereocenters. The maximum atomic E-state index is 11.7. The van der Waals surface area contributed by atoms with Crippen LogP contribution in [0.2, 0.25) is 5.02 Å². The Hall–Kier alpha value is -1.92. The average molecular weight is 298 g/mol. The van der Waals surface area contributed by atoms with Crippen LogP contribution in [-0.2, 0) is 14.3 Å². The van der Waals surface area contributed by atoms with Gasteiger partial charge in [-0.3, -0.25) is 9.59 Å². The minimum Gasteiger partial charge on any atom is -0.375 e. The highest BCUT2D eigenvalue weighted by atomic mass is 35.5. The van der Waals surface area contributed by atoms with E-state index < -0.39 is 0 Å². The molecule has 6 nitrogen and oxygen atoms in total. The van der Waals surface area contributed by atoms with Crippen molar-refractivity contribution in [2.45, 2.75) is 13.3 Å². The van der Waals surface area contributed by atoms with Crippen LogP contribution in [0.1, 0.15) is 13.3 Å². The number of benzene rings is 1. The molecule has 1 aromatic rings. The van der Waals surface area contributed by atoms with Crippen molar-refractivity contribution in [2.24, 2.45) is 5.10 Å². The summed E-state index contributed by atoms with van der Waals surface area (Å²) in [7, 11) is 1.41. The van der Waals surface area contributed by atoms with Gasteiger partial charge >= 0.3 is 0 Å². The van der Waals surface area contributed by atoms with E-state index >= 15 is 0 Å². The Morgan fingerprint density at radius 1 is 1.25 bits per heavy atom. The number of hydrogen-bond acceptors (Lipinski definition) is 4. The van der Waals surface area contributed by atoms with Gasteiger partial charge in [-0.15, -0.1) is 0 Å². The van der Waals surface area contributed by atoms with Gasteiger partial charge in [0, 0.05) is 23.5 Å². The number of nitrogens with one attached hydrogen (secondary N) is 2. The first-order valence-corrected chi connectivity index (χ1v) is 6.25. The van der Waals surface area contributed by atoms with Crippen LogP contribution in [0.25, 0.3) is 0 Å². The maximum Gasteiger partial charge on any atom is 0.266 e. The number of carbonyl (C=O) groups excluding carboxylic acids is 2. The third-order valence-electron chi connectivity index (χ3n) is 2.19. The van der Waals surface area contributed by atoms with Crippen molar-refractivity contribution in [3.8, 4) is 0 Å². The highest BCUT2D eigenvalue weighted by molar-refractivity contribution is 6.30. The lowest BCUT2D eigenvalue weighted by molar-refractivity contribution is -0.124. The van der Waals surface area contributed by atoms with Crippen molar-refractivity contribution in [2.75, 3.05) is 19.0 Å². The Balaban J connectivity index is 2.43. The molecule has 1 aromatic carbocycles. The summed E-state index contributed by atoms with van der Waals surface area (Å²) >= 11 is 5.75. The fourth-order valence-corrected chi connectivity index (χ4v) is 1.46. The first-order chi connectivity index (χ1) is 9.51. The van der Waals surface area contributed by atoms with Crippen molar-refractivity contribution in [3.63, 3.8) is 0 Å². The molecule has 0 aliphatic heterocycles. The van der Waals surface area contributed by atoms with Gasteiger partial charge in [0.25, 0.3) is 5.91 Å². The van der Waals surface area contributed by atoms with Gasteiger partial charge in [0.2, 0.25) is 5.91 Å². The van der Waals surface area contributed by atoms with E-state index in [1.807, 2.05) is 0 Å². The van der Waals surface area contributed by atoms with E-state index in [0.717, 1.165) is 0 Å². The molecule has 2 amide bonds. The Kier molecular flexibility index (Phi) is 6.69. The molecular formula is C13H16ClN3O3. The monoisotopic (exact) mass is 297 g/mol. The van der Waals surface area contributed by atoms with Gasteiger partial charge in [0.15, 0.2) is 0 Å². The van der Waals surface area contributed by atoms with Crippen LogP contribution >= 0.6 is 11.6 Å². The van der Waals surface area contributed by atoms with Crippen LogP contribution in [0.15, 0.2) is 29.4 Å². The summed E-state index contributed by atoms with van der Waals surface area (Å²) < 4.78 is 4.63.